The van der Waals surface area contributed by atoms with Gasteiger partial charge < -0.3 is 4.90 Å². The Kier molecular flexibility index (Phi) is 3.99. The second kappa shape index (κ2) is 6.28. The third kappa shape index (κ3) is 2.95. The van der Waals surface area contributed by atoms with Crippen LogP contribution in [0.15, 0.2) is 18.2 Å². The number of benzene rings is 1. The minimum Gasteiger partial charge on any atom is -0.337 e. The van der Waals surface area contributed by atoms with Crippen LogP contribution >= 0.6 is 0 Å². The Balaban J connectivity index is 1.45. The first-order valence-corrected chi connectivity index (χ1v) is 8.65. The van der Waals surface area contributed by atoms with Crippen molar-refractivity contribution >= 4 is 16.9 Å². The van der Waals surface area contributed by atoms with Crippen LogP contribution in [0.3, 0.4) is 0 Å². The summed E-state index contributed by atoms with van der Waals surface area (Å²) in [7, 11) is 0. The first-order chi connectivity index (χ1) is 11.3. The summed E-state index contributed by atoms with van der Waals surface area (Å²) in [4.78, 5) is 17.4. The van der Waals surface area contributed by atoms with Crippen molar-refractivity contribution < 1.29 is 4.79 Å². The van der Waals surface area contributed by atoms with Crippen LogP contribution in [0.4, 0.5) is 0 Å². The van der Waals surface area contributed by atoms with E-state index in [0.29, 0.717) is 5.56 Å². The Bertz CT molecular complexity index is 691. The third-order valence-corrected chi connectivity index (χ3v) is 5.22. The number of nitrogens with zero attached hydrogens (tertiary/aromatic N) is 4. The van der Waals surface area contributed by atoms with Gasteiger partial charge in [0.05, 0.1) is 0 Å². The molecule has 0 spiro atoms. The summed E-state index contributed by atoms with van der Waals surface area (Å²) in [5.74, 6) is 0.114. The number of amides is 1. The van der Waals surface area contributed by atoms with Gasteiger partial charge in [-0.05, 0) is 37.5 Å². The molecule has 0 radical (unpaired) electrons. The Labute approximate surface area is 135 Å². The van der Waals surface area contributed by atoms with Crippen LogP contribution in [0.5, 0.6) is 0 Å². The summed E-state index contributed by atoms with van der Waals surface area (Å²) in [6, 6.07) is 6.29. The van der Waals surface area contributed by atoms with Crippen molar-refractivity contribution in [2.24, 2.45) is 0 Å². The average Bonchev–Trinajstić information content (AvgIpc) is 3.21. The largest absolute Gasteiger partial charge is 0.337 e. The summed E-state index contributed by atoms with van der Waals surface area (Å²) in [5, 5.41) is 10.7. The molecule has 2 heterocycles. The van der Waals surface area contributed by atoms with Gasteiger partial charge in [0.15, 0.2) is 0 Å². The van der Waals surface area contributed by atoms with Gasteiger partial charge in [0.25, 0.3) is 5.91 Å². The lowest BCUT2D eigenvalue weighted by atomic mass is 10.1. The van der Waals surface area contributed by atoms with E-state index in [9.17, 15) is 4.79 Å². The predicted molar refractivity (Wildman–Crippen MR) is 88.2 cm³/mol. The number of carbonyl (C=O) groups is 1. The van der Waals surface area contributed by atoms with Gasteiger partial charge >= 0.3 is 0 Å². The molecule has 1 aliphatic carbocycles. The minimum atomic E-state index is 0.114. The zero-order valence-corrected chi connectivity index (χ0v) is 13.4. The molecule has 1 aliphatic heterocycles. The maximum absolute atomic E-state index is 12.8. The highest BCUT2D eigenvalue weighted by molar-refractivity contribution is 5.97. The van der Waals surface area contributed by atoms with Crippen LogP contribution < -0.4 is 0 Å². The Morgan fingerprint density at radius 2 is 1.83 bits per heavy atom. The number of H-pyrrole nitrogens is 1. The maximum Gasteiger partial charge on any atom is 0.253 e. The zero-order valence-electron chi connectivity index (χ0n) is 13.4. The van der Waals surface area contributed by atoms with E-state index in [1.807, 2.05) is 23.1 Å². The van der Waals surface area contributed by atoms with Crippen molar-refractivity contribution in [3.05, 3.63) is 23.8 Å². The normalized spacial score (nSPS) is 21.0. The number of aromatic amines is 1. The number of fused-ring (bicyclic) bond motifs is 1. The number of carbonyl (C=O) groups excluding carboxylic acids is 1. The lowest BCUT2D eigenvalue weighted by molar-refractivity contribution is 0.0758. The minimum absolute atomic E-state index is 0.114. The quantitative estimate of drug-likeness (QED) is 0.921. The molecule has 1 N–H and O–H groups in total. The van der Waals surface area contributed by atoms with Gasteiger partial charge in [0, 0.05) is 37.8 Å². The molecule has 4 rings (SSSR count). The molecule has 1 saturated carbocycles. The summed E-state index contributed by atoms with van der Waals surface area (Å²) >= 11 is 0. The van der Waals surface area contributed by atoms with Crippen LogP contribution in [-0.2, 0) is 0 Å². The summed E-state index contributed by atoms with van der Waals surface area (Å²) in [6.45, 7) is 3.80. The monoisotopic (exact) mass is 313 g/mol. The Morgan fingerprint density at radius 1 is 1.00 bits per heavy atom. The summed E-state index contributed by atoms with van der Waals surface area (Å²) in [5.41, 5.74) is 2.25. The second-order valence-electron chi connectivity index (χ2n) is 6.65. The number of rotatable bonds is 2. The van der Waals surface area contributed by atoms with E-state index in [1.165, 1.54) is 25.7 Å². The molecule has 23 heavy (non-hydrogen) atoms. The molecule has 6 heteroatoms. The van der Waals surface area contributed by atoms with Gasteiger partial charge in [-0.25, -0.2) is 0 Å². The topological polar surface area (TPSA) is 65.1 Å². The first kappa shape index (κ1) is 14.6. The molecule has 0 atom stereocenters. The van der Waals surface area contributed by atoms with Crippen LogP contribution in [-0.4, -0.2) is 63.3 Å². The first-order valence-electron chi connectivity index (χ1n) is 8.65. The summed E-state index contributed by atoms with van der Waals surface area (Å²) < 4.78 is 0. The fourth-order valence-electron chi connectivity index (χ4n) is 3.93. The second-order valence-corrected chi connectivity index (χ2v) is 6.65. The van der Waals surface area contributed by atoms with Crippen molar-refractivity contribution in [1.29, 1.82) is 0 Å². The van der Waals surface area contributed by atoms with E-state index in [4.69, 9.17) is 0 Å². The smallest absolute Gasteiger partial charge is 0.253 e. The van der Waals surface area contributed by atoms with Gasteiger partial charge in [-0.1, -0.05) is 12.8 Å². The lowest BCUT2D eigenvalue weighted by Gasteiger charge is -2.27. The molecule has 0 bridgehead atoms. The Hall–Kier alpha value is -1.95. The van der Waals surface area contributed by atoms with Gasteiger partial charge in [-0.3, -0.25) is 9.69 Å². The van der Waals surface area contributed by atoms with Crippen molar-refractivity contribution in [2.45, 2.75) is 38.1 Å². The van der Waals surface area contributed by atoms with E-state index >= 15 is 0 Å². The van der Waals surface area contributed by atoms with Crippen LogP contribution in [0.1, 0.15) is 42.5 Å². The summed E-state index contributed by atoms with van der Waals surface area (Å²) in [6.07, 6.45) is 6.45. The van der Waals surface area contributed by atoms with E-state index in [1.54, 1.807) is 0 Å². The number of nitrogens with one attached hydrogen (secondary N) is 1. The van der Waals surface area contributed by atoms with E-state index in [0.717, 1.165) is 49.7 Å². The van der Waals surface area contributed by atoms with Crippen LogP contribution in [0, 0.1) is 0 Å². The van der Waals surface area contributed by atoms with Crippen molar-refractivity contribution in [1.82, 2.24) is 25.2 Å². The molecular weight excluding hydrogens is 290 g/mol. The molecule has 1 aromatic carbocycles. The molecule has 2 aromatic rings. The van der Waals surface area contributed by atoms with Crippen molar-refractivity contribution in [3.63, 3.8) is 0 Å². The number of aromatic nitrogens is 3. The number of hydrogen-bond acceptors (Lipinski definition) is 4. The predicted octanol–water partition coefficient (Wildman–Crippen LogP) is 2.05. The molecular formula is C17H23N5O. The number of hydrogen-bond donors (Lipinski definition) is 1. The maximum atomic E-state index is 12.8. The van der Waals surface area contributed by atoms with E-state index in [-0.39, 0.29) is 5.91 Å². The highest BCUT2D eigenvalue weighted by Gasteiger charge is 2.26. The highest BCUT2D eigenvalue weighted by atomic mass is 16.2. The SMILES string of the molecule is O=C(c1ccc2n[nH]nc2c1)N1CCCN(C2CCCC2)CC1. The molecule has 1 saturated heterocycles. The highest BCUT2D eigenvalue weighted by Crippen LogP contribution is 2.24. The molecule has 2 aliphatic rings. The van der Waals surface area contributed by atoms with Crippen LogP contribution in [0.25, 0.3) is 11.0 Å². The Morgan fingerprint density at radius 3 is 2.70 bits per heavy atom. The van der Waals surface area contributed by atoms with Crippen LogP contribution in [0.2, 0.25) is 0 Å². The van der Waals surface area contributed by atoms with Gasteiger partial charge in [-0.15, -0.1) is 0 Å². The van der Waals surface area contributed by atoms with Crippen molar-refractivity contribution in [3.8, 4) is 0 Å². The van der Waals surface area contributed by atoms with E-state index < -0.39 is 0 Å². The van der Waals surface area contributed by atoms with Crippen molar-refractivity contribution in [2.75, 3.05) is 26.2 Å². The third-order valence-electron chi connectivity index (χ3n) is 5.22. The molecule has 1 amide bonds. The zero-order chi connectivity index (χ0) is 15.6. The van der Waals surface area contributed by atoms with Gasteiger partial charge in [0.1, 0.15) is 11.0 Å². The molecule has 2 fully saturated rings. The fourth-order valence-corrected chi connectivity index (χ4v) is 3.93. The van der Waals surface area contributed by atoms with Gasteiger partial charge in [-0.2, -0.15) is 15.4 Å². The van der Waals surface area contributed by atoms with Gasteiger partial charge in [0.2, 0.25) is 0 Å². The lowest BCUT2D eigenvalue weighted by Crippen LogP contribution is -2.38. The average molecular weight is 313 g/mol. The molecule has 1 aromatic heterocycles. The standard InChI is InChI=1S/C17H23N5O/c23-17(13-6-7-15-16(12-13)19-20-18-15)22-9-3-8-21(10-11-22)14-4-1-2-5-14/h6-7,12,14H,1-5,8-11H2,(H,18,19,20). The van der Waals surface area contributed by atoms with E-state index in [2.05, 4.69) is 20.3 Å². The molecule has 0 unspecified atom stereocenters. The molecule has 6 nitrogen and oxygen atoms in total. The fraction of sp³-hybridized carbons (Fsp3) is 0.588. The molecule has 122 valence electrons.